The van der Waals surface area contributed by atoms with Gasteiger partial charge >= 0.3 is 12.1 Å². The van der Waals surface area contributed by atoms with Crippen LogP contribution in [0.3, 0.4) is 0 Å². The highest BCUT2D eigenvalue weighted by atomic mass is 16.6. The molecule has 0 saturated heterocycles. The first-order valence-electron chi connectivity index (χ1n) is 5.48. The van der Waals surface area contributed by atoms with E-state index in [1.54, 1.807) is 7.05 Å². The number of amides is 1. The second kappa shape index (κ2) is 7.11. The molecule has 0 bridgehead atoms. The van der Waals surface area contributed by atoms with Crippen LogP contribution in [0, 0.1) is 0 Å². The summed E-state index contributed by atoms with van der Waals surface area (Å²) in [5.74, 6) is -0.329. The Morgan fingerprint density at radius 1 is 1.29 bits per heavy atom. The molecule has 0 radical (unpaired) electrons. The summed E-state index contributed by atoms with van der Waals surface area (Å²) in [6.45, 7) is 6.55. The Labute approximate surface area is 102 Å². The zero-order chi connectivity index (χ0) is 13.5. The molecule has 0 fully saturated rings. The maximum Gasteiger partial charge on any atom is 0.410 e. The van der Waals surface area contributed by atoms with E-state index in [9.17, 15) is 9.59 Å². The highest BCUT2D eigenvalue weighted by Gasteiger charge is 2.19. The minimum Gasteiger partial charge on any atom is -0.468 e. The number of nitrogens with one attached hydrogen (secondary N) is 1. The fourth-order valence-electron chi connectivity index (χ4n) is 0.941. The van der Waals surface area contributed by atoms with Crippen LogP contribution in [0.2, 0.25) is 0 Å². The predicted octanol–water partition coefficient (Wildman–Crippen LogP) is 0.616. The van der Waals surface area contributed by atoms with Crippen molar-refractivity contribution in [1.82, 2.24) is 10.2 Å². The lowest BCUT2D eigenvalue weighted by Gasteiger charge is -2.24. The zero-order valence-corrected chi connectivity index (χ0v) is 11.2. The van der Waals surface area contributed by atoms with E-state index in [2.05, 4.69) is 10.1 Å². The molecule has 6 nitrogen and oxygen atoms in total. The average molecular weight is 246 g/mol. The van der Waals surface area contributed by atoms with Gasteiger partial charge in [-0.1, -0.05) is 0 Å². The van der Waals surface area contributed by atoms with Crippen molar-refractivity contribution in [3.63, 3.8) is 0 Å². The lowest BCUT2D eigenvalue weighted by molar-refractivity contribution is -0.139. The molecule has 0 aliphatic rings. The maximum atomic E-state index is 11.5. The van der Waals surface area contributed by atoms with Crippen molar-refractivity contribution >= 4 is 12.1 Å². The van der Waals surface area contributed by atoms with Crippen molar-refractivity contribution in [2.45, 2.75) is 26.4 Å². The number of carbonyl (C=O) groups is 2. The van der Waals surface area contributed by atoms with Gasteiger partial charge in [-0.15, -0.1) is 0 Å². The van der Waals surface area contributed by atoms with Crippen LogP contribution in [-0.2, 0) is 14.3 Å². The monoisotopic (exact) mass is 246 g/mol. The van der Waals surface area contributed by atoms with Gasteiger partial charge in [-0.2, -0.15) is 0 Å². The van der Waals surface area contributed by atoms with E-state index in [1.807, 2.05) is 20.8 Å². The third-order valence-electron chi connectivity index (χ3n) is 1.83. The van der Waals surface area contributed by atoms with Gasteiger partial charge in [0.25, 0.3) is 0 Å². The molecule has 0 atom stereocenters. The van der Waals surface area contributed by atoms with Crippen LogP contribution in [0.15, 0.2) is 0 Å². The van der Waals surface area contributed by atoms with E-state index in [-0.39, 0.29) is 18.6 Å². The maximum absolute atomic E-state index is 11.5. The fourth-order valence-corrected chi connectivity index (χ4v) is 0.941. The second-order valence-electron chi connectivity index (χ2n) is 4.65. The number of esters is 1. The number of nitrogens with zero attached hydrogens (tertiary/aromatic N) is 1. The molecule has 6 heteroatoms. The van der Waals surface area contributed by atoms with E-state index >= 15 is 0 Å². The van der Waals surface area contributed by atoms with Crippen molar-refractivity contribution in [2.24, 2.45) is 0 Å². The van der Waals surface area contributed by atoms with Crippen molar-refractivity contribution < 1.29 is 19.1 Å². The van der Waals surface area contributed by atoms with Gasteiger partial charge in [0.05, 0.1) is 13.7 Å². The van der Waals surface area contributed by atoms with Crippen LogP contribution in [0.5, 0.6) is 0 Å². The summed E-state index contributed by atoms with van der Waals surface area (Å²) >= 11 is 0. The number of ether oxygens (including phenoxy) is 2. The first-order chi connectivity index (χ1) is 7.76. The fraction of sp³-hybridized carbons (Fsp3) is 0.818. The van der Waals surface area contributed by atoms with Gasteiger partial charge in [-0.25, -0.2) is 4.79 Å². The standard InChI is InChI=1S/C11H22N2O4/c1-11(2,3)17-10(15)13(4)7-6-12-8-9(14)16-5/h12H,6-8H2,1-5H3. The molecule has 100 valence electrons. The molecule has 0 aromatic rings. The minimum atomic E-state index is -0.495. The third-order valence-corrected chi connectivity index (χ3v) is 1.83. The summed E-state index contributed by atoms with van der Waals surface area (Å²) in [4.78, 5) is 23.8. The van der Waals surface area contributed by atoms with E-state index in [0.717, 1.165) is 0 Å². The van der Waals surface area contributed by atoms with Gasteiger partial charge in [0.2, 0.25) is 0 Å². The molecule has 1 N–H and O–H groups in total. The van der Waals surface area contributed by atoms with E-state index in [4.69, 9.17) is 4.74 Å². The number of likely N-dealkylation sites (N-methyl/N-ethyl adjacent to an activating group) is 1. The molecular weight excluding hydrogens is 224 g/mol. The predicted molar refractivity (Wildman–Crippen MR) is 63.7 cm³/mol. The zero-order valence-electron chi connectivity index (χ0n) is 11.2. The van der Waals surface area contributed by atoms with Crippen LogP contribution in [0.4, 0.5) is 4.79 Å². The van der Waals surface area contributed by atoms with Crippen LogP contribution in [0.25, 0.3) is 0 Å². The summed E-state index contributed by atoms with van der Waals surface area (Å²) in [5.41, 5.74) is -0.495. The first kappa shape index (κ1) is 15.7. The first-order valence-corrected chi connectivity index (χ1v) is 5.48. The van der Waals surface area contributed by atoms with Gasteiger partial charge in [-0.3, -0.25) is 4.79 Å². The van der Waals surface area contributed by atoms with Crippen LogP contribution in [0.1, 0.15) is 20.8 Å². The smallest absolute Gasteiger partial charge is 0.410 e. The van der Waals surface area contributed by atoms with Crippen molar-refractivity contribution in [3.05, 3.63) is 0 Å². The van der Waals surface area contributed by atoms with Crippen molar-refractivity contribution in [3.8, 4) is 0 Å². The molecule has 0 spiro atoms. The third kappa shape index (κ3) is 8.50. The Morgan fingerprint density at radius 3 is 2.35 bits per heavy atom. The van der Waals surface area contributed by atoms with Crippen LogP contribution >= 0.6 is 0 Å². The van der Waals surface area contributed by atoms with Gasteiger partial charge in [0, 0.05) is 20.1 Å². The lowest BCUT2D eigenvalue weighted by Crippen LogP contribution is -2.38. The quantitative estimate of drug-likeness (QED) is 0.569. The van der Waals surface area contributed by atoms with Gasteiger partial charge < -0.3 is 19.7 Å². The Balaban J connectivity index is 3.75. The summed E-state index contributed by atoms with van der Waals surface area (Å²) in [6, 6.07) is 0. The molecule has 0 rings (SSSR count). The van der Waals surface area contributed by atoms with E-state index in [0.29, 0.717) is 13.1 Å². The Morgan fingerprint density at radius 2 is 1.88 bits per heavy atom. The molecule has 0 aromatic carbocycles. The molecule has 0 saturated carbocycles. The van der Waals surface area contributed by atoms with Gasteiger partial charge in [0.15, 0.2) is 0 Å². The minimum absolute atomic E-state index is 0.138. The number of hydrogen-bond donors (Lipinski definition) is 1. The molecule has 0 heterocycles. The number of carbonyl (C=O) groups excluding carboxylic acids is 2. The normalized spacial score (nSPS) is 10.9. The van der Waals surface area contributed by atoms with Crippen LogP contribution < -0.4 is 5.32 Å². The molecular formula is C11H22N2O4. The second-order valence-corrected chi connectivity index (χ2v) is 4.65. The highest BCUT2D eigenvalue weighted by Crippen LogP contribution is 2.08. The van der Waals surface area contributed by atoms with Crippen molar-refractivity contribution in [2.75, 3.05) is 33.8 Å². The van der Waals surface area contributed by atoms with Crippen LogP contribution in [-0.4, -0.2) is 56.4 Å². The van der Waals surface area contributed by atoms with E-state index in [1.165, 1.54) is 12.0 Å². The number of rotatable bonds is 5. The highest BCUT2D eigenvalue weighted by molar-refractivity contribution is 5.71. The molecule has 0 aliphatic carbocycles. The summed E-state index contributed by atoms with van der Waals surface area (Å²) in [6.07, 6.45) is -0.377. The number of hydrogen-bond acceptors (Lipinski definition) is 5. The molecule has 1 amide bonds. The SMILES string of the molecule is COC(=O)CNCCN(C)C(=O)OC(C)(C)C. The Hall–Kier alpha value is -1.30. The van der Waals surface area contributed by atoms with Gasteiger partial charge in [-0.05, 0) is 20.8 Å². The molecule has 0 aliphatic heterocycles. The Kier molecular flexibility index (Phi) is 6.57. The van der Waals surface area contributed by atoms with Crippen molar-refractivity contribution in [1.29, 1.82) is 0 Å². The largest absolute Gasteiger partial charge is 0.468 e. The summed E-state index contributed by atoms with van der Waals surface area (Å²) in [7, 11) is 2.98. The van der Waals surface area contributed by atoms with Gasteiger partial charge in [0.1, 0.15) is 5.60 Å². The van der Waals surface area contributed by atoms with E-state index < -0.39 is 5.60 Å². The topological polar surface area (TPSA) is 67.9 Å². The summed E-state index contributed by atoms with van der Waals surface area (Å²) in [5, 5.41) is 2.86. The molecule has 0 unspecified atom stereocenters. The number of methoxy groups -OCH3 is 1. The Bertz CT molecular complexity index is 261. The lowest BCUT2D eigenvalue weighted by atomic mass is 10.2. The molecule has 17 heavy (non-hydrogen) atoms. The molecule has 0 aromatic heterocycles. The summed E-state index contributed by atoms with van der Waals surface area (Å²) < 4.78 is 9.63. The average Bonchev–Trinajstić information content (AvgIpc) is 2.21.